The lowest BCUT2D eigenvalue weighted by molar-refractivity contribution is -0.393. The van der Waals surface area contributed by atoms with Crippen molar-refractivity contribution in [3.63, 3.8) is 0 Å². The molecule has 0 rings (SSSR count). The molecule has 4 heteroatoms. The summed E-state index contributed by atoms with van der Waals surface area (Å²) < 4.78 is 0. The van der Waals surface area contributed by atoms with E-state index in [2.05, 4.69) is 0 Å². The lowest BCUT2D eigenvalue weighted by atomic mass is 9.98. The summed E-state index contributed by atoms with van der Waals surface area (Å²) in [5.74, 6) is -1.01. The van der Waals surface area contributed by atoms with Gasteiger partial charge < -0.3 is 9.90 Å². The summed E-state index contributed by atoms with van der Waals surface area (Å²) in [7, 11) is 0. The van der Waals surface area contributed by atoms with Crippen LogP contribution in [0.2, 0.25) is 0 Å². The summed E-state index contributed by atoms with van der Waals surface area (Å²) in [6.07, 6.45) is 0. The van der Waals surface area contributed by atoms with Gasteiger partial charge in [-0.15, -0.1) is 0 Å². The van der Waals surface area contributed by atoms with Crippen LogP contribution in [0.1, 0.15) is 62.3 Å². The molecule has 0 unspecified atom stereocenters. The molecule has 4 nitrogen and oxygen atoms in total. The van der Waals surface area contributed by atoms with Crippen molar-refractivity contribution in [3.05, 3.63) is 0 Å². The SMILES string of the molecule is CC(C)(C)C(=O)[O-].CC(C)(C)OOC(C)(C)C. The summed E-state index contributed by atoms with van der Waals surface area (Å²) in [4.78, 5) is 20.1. The van der Waals surface area contributed by atoms with Gasteiger partial charge in [-0.1, -0.05) is 20.8 Å². The smallest absolute Gasteiger partial charge is 0.0952 e. The number of hydrogen-bond donors (Lipinski definition) is 0. The van der Waals surface area contributed by atoms with E-state index in [1.54, 1.807) is 20.8 Å². The minimum absolute atomic E-state index is 0.215. The predicted molar refractivity (Wildman–Crippen MR) is 66.1 cm³/mol. The van der Waals surface area contributed by atoms with Crippen LogP contribution in [-0.2, 0) is 14.6 Å². The molecule has 0 saturated heterocycles. The third kappa shape index (κ3) is 18.0. The van der Waals surface area contributed by atoms with Crippen LogP contribution < -0.4 is 5.11 Å². The van der Waals surface area contributed by atoms with Crippen LogP contribution in [0.4, 0.5) is 0 Å². The van der Waals surface area contributed by atoms with Crippen molar-refractivity contribution in [2.75, 3.05) is 0 Å². The zero-order chi connectivity index (χ0) is 14.5. The largest absolute Gasteiger partial charge is 0.550 e. The van der Waals surface area contributed by atoms with Crippen LogP contribution in [0.25, 0.3) is 0 Å². The van der Waals surface area contributed by atoms with Crippen LogP contribution in [-0.4, -0.2) is 17.2 Å². The highest BCUT2D eigenvalue weighted by atomic mass is 17.2. The van der Waals surface area contributed by atoms with Crippen LogP contribution in [0, 0.1) is 5.41 Å². The molecule has 104 valence electrons. The highest BCUT2D eigenvalue weighted by Gasteiger charge is 2.18. The Hall–Kier alpha value is -0.610. The normalized spacial score (nSPS) is 12.8. The Balaban J connectivity index is 0. The summed E-state index contributed by atoms with van der Waals surface area (Å²) in [5.41, 5.74) is -1.12. The maximum Gasteiger partial charge on any atom is 0.0952 e. The van der Waals surface area contributed by atoms with Gasteiger partial charge in [0.1, 0.15) is 0 Å². The molecule has 0 aromatic rings. The first-order valence-corrected chi connectivity index (χ1v) is 5.73. The second-order valence-corrected chi connectivity index (χ2v) is 6.93. The monoisotopic (exact) mass is 247 g/mol. The van der Waals surface area contributed by atoms with Crippen molar-refractivity contribution < 1.29 is 19.7 Å². The number of carbonyl (C=O) groups excluding carboxylic acids is 1. The fourth-order valence-electron chi connectivity index (χ4n) is 0.250. The summed E-state index contributed by atoms with van der Waals surface area (Å²) in [6.45, 7) is 16.5. The number of carboxylic acids is 1. The average molecular weight is 247 g/mol. The molecule has 0 saturated carbocycles. The van der Waals surface area contributed by atoms with Crippen LogP contribution in [0.15, 0.2) is 0 Å². The Morgan fingerprint density at radius 3 is 1.00 bits per heavy atom. The van der Waals surface area contributed by atoms with Crippen LogP contribution in [0.3, 0.4) is 0 Å². The number of carboxylic acid groups (broad SMARTS) is 1. The second-order valence-electron chi connectivity index (χ2n) is 6.93. The third-order valence-corrected chi connectivity index (χ3v) is 1.15. The van der Waals surface area contributed by atoms with Crippen molar-refractivity contribution in [2.45, 2.75) is 73.5 Å². The zero-order valence-electron chi connectivity index (χ0n) is 12.6. The van der Waals surface area contributed by atoms with Gasteiger partial charge in [0.25, 0.3) is 0 Å². The van der Waals surface area contributed by atoms with E-state index in [9.17, 15) is 9.90 Å². The maximum absolute atomic E-state index is 9.91. The fourth-order valence-corrected chi connectivity index (χ4v) is 0.250. The molecule has 0 heterocycles. The maximum atomic E-state index is 9.91. The molecule has 0 atom stereocenters. The second kappa shape index (κ2) is 6.36. The van der Waals surface area contributed by atoms with E-state index in [0.717, 1.165) is 0 Å². The first-order valence-electron chi connectivity index (χ1n) is 5.73. The molecule has 17 heavy (non-hydrogen) atoms. The highest BCUT2D eigenvalue weighted by Crippen LogP contribution is 2.14. The minimum atomic E-state index is -1.01. The Labute approximate surface area is 105 Å². The molecular weight excluding hydrogens is 220 g/mol. The van der Waals surface area contributed by atoms with Gasteiger partial charge in [0, 0.05) is 11.4 Å². The van der Waals surface area contributed by atoms with Gasteiger partial charge in [0.15, 0.2) is 0 Å². The molecule has 0 fully saturated rings. The Morgan fingerprint density at radius 1 is 0.765 bits per heavy atom. The molecule has 0 aliphatic heterocycles. The number of carbonyl (C=O) groups is 1. The Morgan fingerprint density at radius 2 is 0.941 bits per heavy atom. The molecule has 0 spiro atoms. The summed E-state index contributed by atoms with van der Waals surface area (Å²) >= 11 is 0. The van der Waals surface area contributed by atoms with Gasteiger partial charge >= 0.3 is 0 Å². The van der Waals surface area contributed by atoms with E-state index >= 15 is 0 Å². The molecule has 0 amide bonds. The topological polar surface area (TPSA) is 58.6 Å². The standard InChI is InChI=1S/C8H18O2.C5H10O2/c1-7(2,3)9-10-8(4,5)6;1-5(2,3)4(6)7/h1-6H3;1-3H3,(H,6,7)/p-1. The molecule has 0 aliphatic carbocycles. The van der Waals surface area contributed by atoms with Gasteiger partial charge in [-0.3, -0.25) is 0 Å². The van der Waals surface area contributed by atoms with Crippen molar-refractivity contribution in [1.82, 2.24) is 0 Å². The number of hydrogen-bond acceptors (Lipinski definition) is 4. The van der Waals surface area contributed by atoms with Crippen molar-refractivity contribution in [2.24, 2.45) is 5.41 Å². The highest BCUT2D eigenvalue weighted by molar-refractivity contribution is 5.70. The third-order valence-electron chi connectivity index (χ3n) is 1.15. The molecule has 0 aliphatic rings. The van der Waals surface area contributed by atoms with E-state index in [-0.39, 0.29) is 11.2 Å². The average Bonchev–Trinajstić information content (AvgIpc) is 1.97. The summed E-state index contributed by atoms with van der Waals surface area (Å²) in [5, 5.41) is 9.91. The molecular formula is C13H27O4-. The molecule has 0 N–H and O–H groups in total. The Kier molecular flexibility index (Phi) is 7.01. The quantitative estimate of drug-likeness (QED) is 0.527. The first kappa shape index (κ1) is 18.7. The van der Waals surface area contributed by atoms with Gasteiger partial charge in [-0.2, -0.15) is 0 Å². The number of rotatable bonds is 1. The molecule has 0 aromatic carbocycles. The first-order chi connectivity index (χ1) is 7.15. The lowest BCUT2D eigenvalue weighted by Gasteiger charge is -2.24. The van der Waals surface area contributed by atoms with Gasteiger partial charge in [-0.05, 0) is 41.5 Å². The van der Waals surface area contributed by atoms with Crippen LogP contribution >= 0.6 is 0 Å². The molecule has 0 aromatic heterocycles. The van der Waals surface area contributed by atoms with Crippen molar-refractivity contribution in [3.8, 4) is 0 Å². The fraction of sp³-hybridized carbons (Fsp3) is 0.923. The van der Waals surface area contributed by atoms with E-state index < -0.39 is 11.4 Å². The van der Waals surface area contributed by atoms with E-state index in [0.29, 0.717) is 0 Å². The van der Waals surface area contributed by atoms with E-state index in [1.165, 1.54) is 0 Å². The van der Waals surface area contributed by atoms with Crippen molar-refractivity contribution in [1.29, 1.82) is 0 Å². The zero-order valence-corrected chi connectivity index (χ0v) is 12.6. The minimum Gasteiger partial charge on any atom is -0.550 e. The van der Waals surface area contributed by atoms with Gasteiger partial charge in [0.05, 0.1) is 11.2 Å². The van der Waals surface area contributed by atoms with E-state index in [4.69, 9.17) is 9.78 Å². The van der Waals surface area contributed by atoms with E-state index in [1.807, 2.05) is 41.5 Å². The summed E-state index contributed by atoms with van der Waals surface area (Å²) in [6, 6.07) is 0. The van der Waals surface area contributed by atoms with Gasteiger partial charge in [0.2, 0.25) is 0 Å². The molecule has 0 radical (unpaired) electrons. The lowest BCUT2D eigenvalue weighted by Crippen LogP contribution is -2.35. The van der Waals surface area contributed by atoms with Gasteiger partial charge in [-0.25, -0.2) is 9.78 Å². The van der Waals surface area contributed by atoms with Crippen molar-refractivity contribution >= 4 is 5.97 Å². The Bertz CT molecular complexity index is 211. The number of aliphatic carboxylic acids is 1. The van der Waals surface area contributed by atoms with Crippen LogP contribution in [0.5, 0.6) is 0 Å². The molecule has 0 bridgehead atoms. The predicted octanol–water partition coefficient (Wildman–Crippen LogP) is 2.31.